The standard InChI is InChI=1S/C19H13ClFN3O2S2/c1-10-14-8-12(20)4-7-15(14)26-16(10)17(25)22-18-23-24-19(28-18)27-9-11-2-5-13(21)6-3-11/h2-8H,9H2,1H3,(H,22,23,25). The summed E-state index contributed by atoms with van der Waals surface area (Å²) in [4.78, 5) is 12.6. The minimum absolute atomic E-state index is 0.216. The first kappa shape index (κ1) is 18.9. The van der Waals surface area contributed by atoms with Crippen LogP contribution in [-0.4, -0.2) is 16.1 Å². The van der Waals surface area contributed by atoms with Gasteiger partial charge in [-0.25, -0.2) is 4.39 Å². The quantitative estimate of drug-likeness (QED) is 0.312. The number of benzene rings is 2. The molecule has 0 bridgehead atoms. The van der Waals surface area contributed by atoms with Gasteiger partial charge in [-0.2, -0.15) is 0 Å². The second-order valence-corrected chi connectivity index (χ2v) is 8.58. The fourth-order valence-corrected chi connectivity index (χ4v) is 4.48. The molecule has 28 heavy (non-hydrogen) atoms. The third-order valence-electron chi connectivity index (χ3n) is 4.01. The van der Waals surface area contributed by atoms with Crippen LogP contribution in [0.4, 0.5) is 9.52 Å². The number of aromatic nitrogens is 2. The fourth-order valence-electron chi connectivity index (χ4n) is 2.61. The number of rotatable bonds is 5. The van der Waals surface area contributed by atoms with Crippen LogP contribution in [-0.2, 0) is 5.75 Å². The van der Waals surface area contributed by atoms with Crippen molar-refractivity contribution in [3.8, 4) is 0 Å². The summed E-state index contributed by atoms with van der Waals surface area (Å²) in [6, 6.07) is 11.5. The summed E-state index contributed by atoms with van der Waals surface area (Å²) < 4.78 is 19.3. The lowest BCUT2D eigenvalue weighted by Gasteiger charge is -1.99. The summed E-state index contributed by atoms with van der Waals surface area (Å²) in [5.41, 5.74) is 2.29. The maximum Gasteiger partial charge on any atom is 0.293 e. The molecule has 0 aliphatic heterocycles. The molecule has 4 rings (SSSR count). The van der Waals surface area contributed by atoms with Gasteiger partial charge in [0.25, 0.3) is 5.91 Å². The van der Waals surface area contributed by atoms with Crippen LogP contribution in [0.1, 0.15) is 21.7 Å². The molecule has 0 saturated heterocycles. The van der Waals surface area contributed by atoms with Crippen molar-refractivity contribution in [2.24, 2.45) is 0 Å². The van der Waals surface area contributed by atoms with E-state index in [2.05, 4.69) is 15.5 Å². The van der Waals surface area contributed by atoms with Crippen LogP contribution in [0.3, 0.4) is 0 Å². The van der Waals surface area contributed by atoms with E-state index >= 15 is 0 Å². The number of carbonyl (C=O) groups excluding carboxylic acids is 1. The number of halogens is 2. The van der Waals surface area contributed by atoms with Crippen LogP contribution in [0.15, 0.2) is 51.2 Å². The van der Waals surface area contributed by atoms with Crippen LogP contribution in [0, 0.1) is 12.7 Å². The molecule has 0 aliphatic rings. The number of amides is 1. The zero-order valence-electron chi connectivity index (χ0n) is 14.5. The first-order valence-corrected chi connectivity index (χ1v) is 10.4. The van der Waals surface area contributed by atoms with E-state index in [0.29, 0.717) is 31.4 Å². The summed E-state index contributed by atoms with van der Waals surface area (Å²) in [6.07, 6.45) is 0. The lowest BCUT2D eigenvalue weighted by atomic mass is 10.1. The van der Waals surface area contributed by atoms with Gasteiger partial charge in [0, 0.05) is 21.7 Å². The van der Waals surface area contributed by atoms with Gasteiger partial charge in [0.15, 0.2) is 10.1 Å². The van der Waals surface area contributed by atoms with Gasteiger partial charge in [0.1, 0.15) is 11.4 Å². The van der Waals surface area contributed by atoms with Gasteiger partial charge >= 0.3 is 0 Å². The van der Waals surface area contributed by atoms with Crippen molar-refractivity contribution in [2.45, 2.75) is 17.0 Å². The predicted molar refractivity (Wildman–Crippen MR) is 110 cm³/mol. The second-order valence-electron chi connectivity index (χ2n) is 5.94. The number of furan rings is 1. The number of aryl methyl sites for hydroxylation is 1. The number of hydrogen-bond donors (Lipinski definition) is 1. The number of nitrogens with one attached hydrogen (secondary N) is 1. The van der Waals surface area contributed by atoms with E-state index in [1.807, 2.05) is 0 Å². The highest BCUT2D eigenvalue weighted by molar-refractivity contribution is 8.00. The van der Waals surface area contributed by atoms with E-state index in [4.69, 9.17) is 16.0 Å². The molecule has 9 heteroatoms. The zero-order chi connectivity index (χ0) is 19.7. The number of thioether (sulfide) groups is 1. The number of anilines is 1. The molecule has 5 nitrogen and oxygen atoms in total. The summed E-state index contributed by atoms with van der Waals surface area (Å²) in [5.74, 6) is 0.189. The molecule has 0 aliphatic carbocycles. The van der Waals surface area contributed by atoms with Crippen LogP contribution in [0.25, 0.3) is 11.0 Å². The molecule has 0 saturated carbocycles. The van der Waals surface area contributed by atoms with Crippen LogP contribution in [0.5, 0.6) is 0 Å². The van der Waals surface area contributed by atoms with Crippen molar-refractivity contribution >= 4 is 56.7 Å². The molecule has 0 fully saturated rings. The molecule has 0 spiro atoms. The Morgan fingerprint density at radius 1 is 1.25 bits per heavy atom. The lowest BCUT2D eigenvalue weighted by molar-refractivity contribution is 0.0998. The van der Waals surface area contributed by atoms with E-state index in [-0.39, 0.29) is 11.6 Å². The highest BCUT2D eigenvalue weighted by Crippen LogP contribution is 2.31. The van der Waals surface area contributed by atoms with E-state index < -0.39 is 5.91 Å². The smallest absolute Gasteiger partial charge is 0.293 e. The minimum atomic E-state index is -0.393. The first-order valence-electron chi connectivity index (χ1n) is 8.20. The van der Waals surface area contributed by atoms with E-state index in [9.17, 15) is 9.18 Å². The van der Waals surface area contributed by atoms with Gasteiger partial charge in [-0.05, 0) is 42.8 Å². The Balaban J connectivity index is 1.44. The highest BCUT2D eigenvalue weighted by Gasteiger charge is 2.19. The van der Waals surface area contributed by atoms with Crippen molar-refractivity contribution in [2.75, 3.05) is 5.32 Å². The summed E-state index contributed by atoms with van der Waals surface area (Å²) >= 11 is 8.74. The Kier molecular flexibility index (Phi) is 5.34. The van der Waals surface area contributed by atoms with Crippen LogP contribution < -0.4 is 5.32 Å². The third kappa shape index (κ3) is 4.04. The maximum absolute atomic E-state index is 12.9. The van der Waals surface area contributed by atoms with Gasteiger partial charge in [-0.3, -0.25) is 10.1 Å². The molecule has 0 atom stereocenters. The molecule has 0 radical (unpaired) electrons. The molecular weight excluding hydrogens is 421 g/mol. The van der Waals surface area contributed by atoms with Gasteiger partial charge in [0.2, 0.25) is 5.13 Å². The number of nitrogens with zero attached hydrogens (tertiary/aromatic N) is 2. The third-order valence-corrected chi connectivity index (χ3v) is 6.29. The minimum Gasteiger partial charge on any atom is -0.451 e. The van der Waals surface area contributed by atoms with Gasteiger partial charge in [0.05, 0.1) is 0 Å². The average Bonchev–Trinajstić information content (AvgIpc) is 3.26. The van der Waals surface area contributed by atoms with Crippen LogP contribution >= 0.6 is 34.7 Å². The summed E-state index contributed by atoms with van der Waals surface area (Å²) in [6.45, 7) is 1.81. The van der Waals surface area contributed by atoms with Gasteiger partial charge in [-0.1, -0.05) is 46.8 Å². The SMILES string of the molecule is Cc1c(C(=O)Nc2nnc(SCc3ccc(F)cc3)s2)oc2ccc(Cl)cc12. The summed E-state index contributed by atoms with van der Waals surface area (Å²) in [7, 11) is 0. The molecule has 2 heterocycles. The van der Waals surface area contributed by atoms with Crippen molar-refractivity contribution in [1.29, 1.82) is 0 Å². The Bertz CT molecular complexity index is 1160. The Hall–Kier alpha value is -2.42. The summed E-state index contributed by atoms with van der Waals surface area (Å²) in [5, 5.41) is 12.5. The largest absolute Gasteiger partial charge is 0.451 e. The number of hydrogen-bond acceptors (Lipinski definition) is 6. The second kappa shape index (κ2) is 7.90. The van der Waals surface area contributed by atoms with Crippen molar-refractivity contribution in [1.82, 2.24) is 10.2 Å². The molecule has 2 aromatic carbocycles. The number of carbonyl (C=O) groups is 1. The topological polar surface area (TPSA) is 68.0 Å². The lowest BCUT2D eigenvalue weighted by Crippen LogP contribution is -2.11. The highest BCUT2D eigenvalue weighted by atomic mass is 35.5. The van der Waals surface area contributed by atoms with Crippen molar-refractivity contribution < 1.29 is 13.6 Å². The van der Waals surface area contributed by atoms with Gasteiger partial charge in [-0.15, -0.1) is 10.2 Å². The average molecular weight is 434 g/mol. The molecule has 142 valence electrons. The molecule has 1 N–H and O–H groups in total. The van der Waals surface area contributed by atoms with E-state index in [1.54, 1.807) is 37.3 Å². The first-order chi connectivity index (χ1) is 13.5. The Morgan fingerprint density at radius 3 is 2.82 bits per heavy atom. The number of fused-ring (bicyclic) bond motifs is 1. The maximum atomic E-state index is 12.9. The molecule has 2 aromatic heterocycles. The molecule has 0 unspecified atom stereocenters. The van der Waals surface area contributed by atoms with Gasteiger partial charge < -0.3 is 4.42 Å². The van der Waals surface area contributed by atoms with E-state index in [0.717, 1.165) is 10.9 Å². The van der Waals surface area contributed by atoms with Crippen molar-refractivity contribution in [3.63, 3.8) is 0 Å². The van der Waals surface area contributed by atoms with Crippen LogP contribution in [0.2, 0.25) is 5.02 Å². The Morgan fingerprint density at radius 2 is 2.04 bits per heavy atom. The van der Waals surface area contributed by atoms with E-state index in [1.165, 1.54) is 35.2 Å². The molecular formula is C19H13ClFN3O2S2. The predicted octanol–water partition coefficient (Wildman–Crippen LogP) is 5.93. The van der Waals surface area contributed by atoms with Crippen molar-refractivity contribution in [3.05, 3.63) is 70.2 Å². The normalized spacial score (nSPS) is 11.1. The Labute approximate surface area is 172 Å². The monoisotopic (exact) mass is 433 g/mol. The fraction of sp³-hybridized carbons (Fsp3) is 0.105. The molecule has 1 amide bonds. The zero-order valence-corrected chi connectivity index (χ0v) is 16.9. The molecule has 4 aromatic rings.